The average molecular weight is 438 g/mol. The second-order valence-corrected chi connectivity index (χ2v) is 8.36. The van der Waals surface area contributed by atoms with Crippen LogP contribution in [0.5, 0.6) is 0 Å². The molecule has 164 valence electrons. The van der Waals surface area contributed by atoms with Gasteiger partial charge in [-0.1, -0.05) is 60.7 Å². The highest BCUT2D eigenvalue weighted by Gasteiger charge is 2.38. The minimum absolute atomic E-state index is 0.360. The van der Waals surface area contributed by atoms with Crippen molar-refractivity contribution < 1.29 is 4.39 Å². The molecule has 1 atom stereocenters. The monoisotopic (exact) mass is 437 g/mol. The Balaban J connectivity index is 1.67. The summed E-state index contributed by atoms with van der Waals surface area (Å²) in [5.41, 5.74) is 10.6. The molecule has 0 radical (unpaired) electrons. The van der Waals surface area contributed by atoms with Crippen molar-refractivity contribution in [2.75, 3.05) is 0 Å². The highest BCUT2D eigenvalue weighted by molar-refractivity contribution is 6.13. The summed E-state index contributed by atoms with van der Waals surface area (Å²) in [5.74, 6) is 0.0527. The molecule has 2 N–H and O–H groups in total. The second-order valence-electron chi connectivity index (χ2n) is 8.36. The fourth-order valence-electron chi connectivity index (χ4n) is 4.36. The van der Waals surface area contributed by atoms with Gasteiger partial charge in [-0.2, -0.15) is 5.10 Å². The van der Waals surface area contributed by atoms with Gasteiger partial charge in [0.05, 0.1) is 29.3 Å². The summed E-state index contributed by atoms with van der Waals surface area (Å²) < 4.78 is 17.0. The van der Waals surface area contributed by atoms with Gasteiger partial charge in [-0.05, 0) is 38.1 Å². The third kappa shape index (κ3) is 3.84. The standard InChI is InChI=1S/C27H24FN5/c1-18-15-24-27(2,31-25(29)17-33(24)32-18)22-16-21(13-14-23(22)28)30-26(19-9-5-3-6-10-19)20-11-7-4-8-12-20/h3-16H,17H2,1-2H3,(H2,29,31). The summed E-state index contributed by atoms with van der Waals surface area (Å²) in [7, 11) is 0. The van der Waals surface area contributed by atoms with Crippen molar-refractivity contribution in [2.45, 2.75) is 25.9 Å². The zero-order valence-corrected chi connectivity index (χ0v) is 18.5. The molecule has 0 aliphatic carbocycles. The molecule has 0 fully saturated rings. The molecule has 5 nitrogen and oxygen atoms in total. The Morgan fingerprint density at radius 2 is 1.61 bits per heavy atom. The Hall–Kier alpha value is -4.06. The summed E-state index contributed by atoms with van der Waals surface area (Å²) in [5, 5.41) is 4.51. The maximum atomic E-state index is 15.2. The van der Waals surface area contributed by atoms with Gasteiger partial charge in [0.2, 0.25) is 0 Å². The molecule has 5 rings (SSSR count). The lowest BCUT2D eigenvalue weighted by Gasteiger charge is -2.31. The van der Waals surface area contributed by atoms with Crippen LogP contribution in [0.3, 0.4) is 0 Å². The molecule has 4 aromatic rings. The average Bonchev–Trinajstić information content (AvgIpc) is 3.20. The first kappa shape index (κ1) is 20.8. The van der Waals surface area contributed by atoms with Crippen LogP contribution < -0.4 is 5.73 Å². The van der Waals surface area contributed by atoms with Gasteiger partial charge >= 0.3 is 0 Å². The number of hydrogen-bond acceptors (Lipinski definition) is 4. The molecule has 0 amide bonds. The van der Waals surface area contributed by atoms with Gasteiger partial charge in [-0.3, -0.25) is 9.67 Å². The van der Waals surface area contributed by atoms with Crippen molar-refractivity contribution in [1.29, 1.82) is 0 Å². The van der Waals surface area contributed by atoms with E-state index in [0.717, 1.165) is 28.2 Å². The molecule has 0 saturated carbocycles. The molecular formula is C27H24FN5. The Morgan fingerprint density at radius 1 is 0.970 bits per heavy atom. The second kappa shape index (κ2) is 8.13. The third-order valence-corrected chi connectivity index (χ3v) is 5.89. The number of hydrogen-bond donors (Lipinski definition) is 1. The predicted molar refractivity (Wildman–Crippen MR) is 130 cm³/mol. The van der Waals surface area contributed by atoms with Crippen molar-refractivity contribution in [3.05, 3.63) is 119 Å². The molecule has 1 unspecified atom stereocenters. The molecule has 33 heavy (non-hydrogen) atoms. The predicted octanol–water partition coefficient (Wildman–Crippen LogP) is 5.13. The van der Waals surface area contributed by atoms with Crippen LogP contribution in [0.2, 0.25) is 0 Å². The van der Waals surface area contributed by atoms with Crippen molar-refractivity contribution in [3.63, 3.8) is 0 Å². The van der Waals surface area contributed by atoms with E-state index in [2.05, 4.69) is 10.1 Å². The van der Waals surface area contributed by atoms with Crippen LogP contribution in [0.25, 0.3) is 0 Å². The molecule has 6 heteroatoms. The summed E-state index contributed by atoms with van der Waals surface area (Å²) in [6, 6.07) is 26.8. The fourth-order valence-corrected chi connectivity index (χ4v) is 4.36. The molecule has 1 aliphatic rings. The summed E-state index contributed by atoms with van der Waals surface area (Å²) in [4.78, 5) is 9.64. The molecule has 1 aromatic heterocycles. The maximum Gasteiger partial charge on any atom is 0.129 e. The maximum absolute atomic E-state index is 15.2. The minimum atomic E-state index is -1.00. The molecule has 0 spiro atoms. The van der Waals surface area contributed by atoms with Crippen LogP contribution >= 0.6 is 0 Å². The molecule has 1 aliphatic heterocycles. The van der Waals surface area contributed by atoms with Gasteiger partial charge in [0.25, 0.3) is 0 Å². The van der Waals surface area contributed by atoms with Crippen LogP contribution in [-0.2, 0) is 12.1 Å². The van der Waals surface area contributed by atoms with E-state index in [9.17, 15) is 0 Å². The van der Waals surface area contributed by atoms with Gasteiger partial charge in [0.15, 0.2) is 0 Å². The molecule has 2 heterocycles. The molecular weight excluding hydrogens is 413 g/mol. The van der Waals surface area contributed by atoms with Crippen molar-refractivity contribution in [1.82, 2.24) is 9.78 Å². The summed E-state index contributed by atoms with van der Waals surface area (Å²) in [6.07, 6.45) is 0. The van der Waals surface area contributed by atoms with E-state index in [1.165, 1.54) is 6.07 Å². The van der Waals surface area contributed by atoms with E-state index in [-0.39, 0.29) is 5.82 Å². The topological polar surface area (TPSA) is 68.6 Å². The lowest BCUT2D eigenvalue weighted by atomic mass is 9.87. The van der Waals surface area contributed by atoms with E-state index < -0.39 is 5.54 Å². The summed E-state index contributed by atoms with van der Waals surface area (Å²) in [6.45, 7) is 4.17. The lowest BCUT2D eigenvalue weighted by Crippen LogP contribution is -2.37. The van der Waals surface area contributed by atoms with Crippen LogP contribution in [0, 0.1) is 12.7 Å². The first-order chi connectivity index (χ1) is 15.9. The summed E-state index contributed by atoms with van der Waals surface area (Å²) >= 11 is 0. The highest BCUT2D eigenvalue weighted by Crippen LogP contribution is 2.39. The van der Waals surface area contributed by atoms with Gasteiger partial charge in [-0.15, -0.1) is 0 Å². The van der Waals surface area contributed by atoms with E-state index in [4.69, 9.17) is 10.7 Å². The van der Waals surface area contributed by atoms with Gasteiger partial charge in [0.1, 0.15) is 17.2 Å². The van der Waals surface area contributed by atoms with Crippen LogP contribution in [0.1, 0.15) is 35.0 Å². The number of benzene rings is 3. The Labute approximate surface area is 192 Å². The number of rotatable bonds is 4. The fraction of sp³-hybridized carbons (Fsp3) is 0.148. The normalized spacial score (nSPS) is 17.2. The van der Waals surface area contributed by atoms with E-state index in [1.807, 2.05) is 80.6 Å². The van der Waals surface area contributed by atoms with Crippen molar-refractivity contribution in [3.8, 4) is 0 Å². The van der Waals surface area contributed by atoms with Crippen molar-refractivity contribution in [2.24, 2.45) is 15.7 Å². The first-order valence-electron chi connectivity index (χ1n) is 10.8. The van der Waals surface area contributed by atoms with E-state index in [1.54, 1.807) is 16.8 Å². The number of amidine groups is 1. The number of nitrogens with zero attached hydrogens (tertiary/aromatic N) is 4. The number of halogens is 1. The Kier molecular flexibility index (Phi) is 5.13. The number of fused-ring (bicyclic) bond motifs is 1. The van der Waals surface area contributed by atoms with E-state index in [0.29, 0.717) is 23.6 Å². The van der Waals surface area contributed by atoms with Gasteiger partial charge < -0.3 is 5.73 Å². The number of aliphatic imine (C=N–C) groups is 2. The molecule has 0 bridgehead atoms. The SMILES string of the molecule is Cc1cc2n(n1)CC(N)=NC2(C)c1cc(N=C(c2ccccc2)c2ccccc2)ccc1F. The first-order valence-corrected chi connectivity index (χ1v) is 10.8. The van der Waals surface area contributed by atoms with Gasteiger partial charge in [0, 0.05) is 16.7 Å². The largest absolute Gasteiger partial charge is 0.386 e. The van der Waals surface area contributed by atoms with E-state index >= 15 is 4.39 Å². The number of nitrogens with two attached hydrogens (primary N) is 1. The smallest absolute Gasteiger partial charge is 0.129 e. The van der Waals surface area contributed by atoms with Crippen LogP contribution in [-0.4, -0.2) is 21.3 Å². The Bertz CT molecular complexity index is 1330. The zero-order chi connectivity index (χ0) is 23.0. The van der Waals surface area contributed by atoms with Crippen LogP contribution in [0.4, 0.5) is 10.1 Å². The lowest BCUT2D eigenvalue weighted by molar-refractivity contribution is 0.470. The zero-order valence-electron chi connectivity index (χ0n) is 18.5. The minimum Gasteiger partial charge on any atom is -0.386 e. The molecule has 3 aromatic carbocycles. The van der Waals surface area contributed by atoms with Crippen molar-refractivity contribution >= 4 is 17.2 Å². The quantitative estimate of drug-likeness (QED) is 0.450. The molecule has 0 saturated heterocycles. The Morgan fingerprint density at radius 3 is 2.24 bits per heavy atom. The van der Waals surface area contributed by atoms with Gasteiger partial charge in [-0.25, -0.2) is 9.38 Å². The van der Waals surface area contributed by atoms with Crippen LogP contribution in [0.15, 0.2) is 94.9 Å². The number of aromatic nitrogens is 2. The highest BCUT2D eigenvalue weighted by atomic mass is 19.1. The number of aryl methyl sites for hydroxylation is 1. The third-order valence-electron chi connectivity index (χ3n) is 5.89.